The number of amidine groups is 1. The van der Waals surface area contributed by atoms with Crippen LogP contribution < -0.4 is 14.8 Å². The number of halogens is 2. The van der Waals surface area contributed by atoms with Gasteiger partial charge in [0, 0.05) is 10.6 Å². The van der Waals surface area contributed by atoms with Crippen LogP contribution in [-0.4, -0.2) is 40.7 Å². The van der Waals surface area contributed by atoms with Crippen molar-refractivity contribution in [2.45, 2.75) is 18.3 Å². The van der Waals surface area contributed by atoms with Crippen LogP contribution in [0.4, 0.5) is 0 Å². The molecule has 1 amide bonds. The third kappa shape index (κ3) is 6.36. The molecule has 0 aromatic heterocycles. The van der Waals surface area contributed by atoms with Gasteiger partial charge in [-0.25, -0.2) is 0 Å². The lowest BCUT2D eigenvalue weighted by Gasteiger charge is -2.13. The van der Waals surface area contributed by atoms with E-state index in [0.29, 0.717) is 27.1 Å². The van der Waals surface area contributed by atoms with Crippen molar-refractivity contribution in [3.63, 3.8) is 0 Å². The molecule has 8 nitrogen and oxygen atoms in total. The van der Waals surface area contributed by atoms with Crippen LogP contribution in [0.15, 0.2) is 46.6 Å². The van der Waals surface area contributed by atoms with Crippen LogP contribution in [-0.2, 0) is 16.2 Å². The van der Waals surface area contributed by atoms with Crippen molar-refractivity contribution in [1.29, 1.82) is 0 Å². The number of carbonyl (C=O) groups excluding carboxylic acids is 1. The van der Waals surface area contributed by atoms with Gasteiger partial charge in [0.05, 0.1) is 24.8 Å². The van der Waals surface area contributed by atoms with Crippen LogP contribution in [0.5, 0.6) is 11.5 Å². The van der Waals surface area contributed by atoms with E-state index in [1.165, 1.54) is 13.3 Å². The number of rotatable bonds is 8. The van der Waals surface area contributed by atoms with Crippen molar-refractivity contribution in [2.75, 3.05) is 7.11 Å². The largest absolute Gasteiger partial charge is 0.493 e. The highest BCUT2D eigenvalue weighted by Gasteiger charge is 2.32. The Morgan fingerprint density at radius 2 is 2.03 bits per heavy atom. The normalized spacial score (nSPS) is 17.2. The van der Waals surface area contributed by atoms with Crippen molar-refractivity contribution in [3.05, 3.63) is 57.6 Å². The van der Waals surface area contributed by atoms with E-state index in [-0.39, 0.29) is 18.2 Å². The fourth-order valence-corrected chi connectivity index (χ4v) is 3.90. The Balaban J connectivity index is 1.68. The summed E-state index contributed by atoms with van der Waals surface area (Å²) in [4.78, 5) is 22.5. The molecule has 0 radical (unpaired) electrons. The molecule has 2 N–H and O–H groups in total. The van der Waals surface area contributed by atoms with Gasteiger partial charge in [-0.2, -0.15) is 5.10 Å². The molecule has 0 aliphatic carbocycles. The predicted molar refractivity (Wildman–Crippen MR) is 121 cm³/mol. The number of benzene rings is 2. The highest BCUT2D eigenvalue weighted by molar-refractivity contribution is 8.15. The summed E-state index contributed by atoms with van der Waals surface area (Å²) in [5.74, 6) is -0.663. The zero-order chi connectivity index (χ0) is 22.4. The van der Waals surface area contributed by atoms with Gasteiger partial charge in [-0.15, -0.1) is 5.10 Å². The molecule has 162 valence electrons. The van der Waals surface area contributed by atoms with Gasteiger partial charge < -0.3 is 19.9 Å². The van der Waals surface area contributed by atoms with Crippen molar-refractivity contribution in [2.24, 2.45) is 10.2 Å². The number of thioether (sulfide) groups is 1. The van der Waals surface area contributed by atoms with Crippen molar-refractivity contribution in [1.82, 2.24) is 5.32 Å². The summed E-state index contributed by atoms with van der Waals surface area (Å²) in [5, 5.41) is 19.6. The molecule has 3 rings (SSSR count). The van der Waals surface area contributed by atoms with Crippen LogP contribution in [0.25, 0.3) is 0 Å². The topological polar surface area (TPSA) is 110 Å². The molecule has 31 heavy (non-hydrogen) atoms. The maximum atomic E-state index is 11.7. The maximum Gasteiger partial charge on any atom is 0.305 e. The predicted octanol–water partition coefficient (Wildman–Crippen LogP) is 3.98. The van der Waals surface area contributed by atoms with Crippen LogP contribution in [0.3, 0.4) is 0 Å². The zero-order valence-corrected chi connectivity index (χ0v) is 18.5. The quantitative estimate of drug-likeness (QED) is 0.435. The monoisotopic (exact) mass is 481 g/mol. The van der Waals surface area contributed by atoms with Gasteiger partial charge in [0.25, 0.3) is 0 Å². The number of nitrogens with zero attached hydrogens (tertiary/aromatic N) is 2. The van der Waals surface area contributed by atoms with Crippen LogP contribution in [0.1, 0.15) is 17.5 Å². The van der Waals surface area contributed by atoms with Gasteiger partial charge >= 0.3 is 5.97 Å². The Kier molecular flexibility index (Phi) is 7.78. The summed E-state index contributed by atoms with van der Waals surface area (Å²) >= 11 is 13.3. The fraction of sp³-hybridized carbons (Fsp3) is 0.200. The van der Waals surface area contributed by atoms with Crippen LogP contribution >= 0.6 is 35.0 Å². The van der Waals surface area contributed by atoms with Crippen LogP contribution in [0.2, 0.25) is 10.0 Å². The van der Waals surface area contributed by atoms with E-state index < -0.39 is 17.1 Å². The van der Waals surface area contributed by atoms with Gasteiger partial charge in [-0.1, -0.05) is 47.1 Å². The second-order valence-corrected chi connectivity index (χ2v) is 8.33. The molecular weight excluding hydrogens is 465 g/mol. The minimum absolute atomic E-state index is 0.230. The van der Waals surface area contributed by atoms with Gasteiger partial charge in [0.1, 0.15) is 11.9 Å². The first kappa shape index (κ1) is 22.9. The zero-order valence-electron chi connectivity index (χ0n) is 16.2. The number of hydrogen-bond acceptors (Lipinski definition) is 7. The molecular formula is C20H17Cl2N3O5S. The van der Waals surface area contributed by atoms with E-state index in [0.717, 1.165) is 17.3 Å². The third-order valence-electron chi connectivity index (χ3n) is 4.04. The average Bonchev–Trinajstić information content (AvgIpc) is 3.06. The third-order valence-corrected chi connectivity index (χ3v) is 5.65. The fourth-order valence-electron chi connectivity index (χ4n) is 2.58. The minimum Gasteiger partial charge on any atom is -0.493 e. The standard InChI is InChI=1S/C20H17Cl2N3O5S/c1-29-15-7-12(9-23-25-20-24-19(28)16(31-20)8-17(26)27)6-14(22)18(15)30-10-11-2-4-13(21)5-3-11/h2-7,9,16H,8,10H2,1H3,(H,26,27)(H,24,25,28)/b23-9-/t16-/m1/s1. The van der Waals surface area contributed by atoms with Gasteiger partial charge in [-0.3, -0.25) is 9.59 Å². The summed E-state index contributed by atoms with van der Waals surface area (Å²) < 4.78 is 11.2. The van der Waals surface area contributed by atoms with Gasteiger partial charge in [-0.05, 0) is 29.8 Å². The number of aliphatic carboxylic acids is 1. The molecule has 0 bridgehead atoms. The van der Waals surface area contributed by atoms with E-state index in [2.05, 4.69) is 15.5 Å². The Labute approximate surface area is 192 Å². The van der Waals surface area contributed by atoms with E-state index >= 15 is 0 Å². The number of hydrogen-bond donors (Lipinski definition) is 2. The minimum atomic E-state index is -1.06. The molecule has 2 aromatic rings. The molecule has 11 heteroatoms. The second-order valence-electron chi connectivity index (χ2n) is 6.29. The number of ether oxygens (including phenoxy) is 2. The molecule has 1 heterocycles. The number of methoxy groups -OCH3 is 1. The lowest BCUT2D eigenvalue weighted by atomic mass is 10.2. The molecule has 0 unspecified atom stereocenters. The van der Waals surface area contributed by atoms with Crippen LogP contribution in [0, 0.1) is 0 Å². The van der Waals surface area contributed by atoms with E-state index in [1.807, 2.05) is 12.1 Å². The van der Waals surface area contributed by atoms with Gasteiger partial charge in [0.2, 0.25) is 5.91 Å². The number of carboxylic acids is 1. The molecule has 0 saturated carbocycles. The lowest BCUT2D eigenvalue weighted by molar-refractivity contribution is -0.138. The summed E-state index contributed by atoms with van der Waals surface area (Å²) in [7, 11) is 1.50. The Bertz CT molecular complexity index is 1040. The molecule has 1 atom stereocenters. The number of carboxylic acid groups (broad SMARTS) is 1. The first-order chi connectivity index (χ1) is 14.9. The first-order valence-electron chi connectivity index (χ1n) is 8.91. The molecule has 1 aliphatic rings. The number of amides is 1. The number of nitrogens with one attached hydrogen (secondary N) is 1. The number of carbonyl (C=O) groups is 2. The summed E-state index contributed by atoms with van der Waals surface area (Å²) in [6, 6.07) is 10.6. The van der Waals surface area contributed by atoms with E-state index in [4.69, 9.17) is 37.8 Å². The summed E-state index contributed by atoms with van der Waals surface area (Å²) in [5.41, 5.74) is 1.52. The van der Waals surface area contributed by atoms with Crippen molar-refractivity contribution in [3.8, 4) is 11.5 Å². The molecule has 2 aromatic carbocycles. The summed E-state index contributed by atoms with van der Waals surface area (Å²) in [6.45, 7) is 0.281. The molecule has 1 fully saturated rings. The SMILES string of the molecule is COc1cc(/C=N\N=C2\NC(=O)[C@@H](CC(=O)O)S2)cc(Cl)c1OCc1ccc(Cl)cc1. The van der Waals surface area contributed by atoms with E-state index in [9.17, 15) is 9.59 Å². The molecule has 1 aliphatic heterocycles. The Morgan fingerprint density at radius 3 is 2.71 bits per heavy atom. The van der Waals surface area contributed by atoms with Crippen molar-refractivity contribution >= 4 is 58.2 Å². The van der Waals surface area contributed by atoms with Gasteiger partial charge in [0.15, 0.2) is 16.7 Å². The van der Waals surface area contributed by atoms with Crippen molar-refractivity contribution < 1.29 is 24.2 Å². The smallest absolute Gasteiger partial charge is 0.305 e. The highest BCUT2D eigenvalue weighted by Crippen LogP contribution is 2.36. The second kappa shape index (κ2) is 10.5. The molecule has 1 saturated heterocycles. The Hall–Kier alpha value is -2.75. The lowest BCUT2D eigenvalue weighted by Crippen LogP contribution is -2.26. The molecule has 0 spiro atoms. The summed E-state index contributed by atoms with van der Waals surface area (Å²) in [6.07, 6.45) is 1.14. The highest BCUT2D eigenvalue weighted by atomic mass is 35.5. The average molecular weight is 482 g/mol. The maximum absolute atomic E-state index is 11.7. The first-order valence-corrected chi connectivity index (χ1v) is 10.5. The Morgan fingerprint density at radius 1 is 1.29 bits per heavy atom. The van der Waals surface area contributed by atoms with E-state index in [1.54, 1.807) is 24.3 Å².